The van der Waals surface area contributed by atoms with Gasteiger partial charge in [-0.25, -0.2) is 4.98 Å². The van der Waals surface area contributed by atoms with Gasteiger partial charge >= 0.3 is 0 Å². The first kappa shape index (κ1) is 10.2. The third-order valence-corrected chi connectivity index (χ3v) is 3.26. The Bertz CT molecular complexity index is 540. The van der Waals surface area contributed by atoms with E-state index in [4.69, 9.17) is 16.9 Å². The molecule has 0 aliphatic carbocycles. The molecule has 0 bridgehead atoms. The van der Waals surface area contributed by atoms with Gasteiger partial charge < -0.3 is 0 Å². The molecule has 15 heavy (non-hydrogen) atoms. The SMILES string of the molecule is Cc1cccc(-c2nc(C#N)c(Cl)s2)c1. The van der Waals surface area contributed by atoms with Crippen LogP contribution in [-0.2, 0) is 0 Å². The van der Waals surface area contributed by atoms with E-state index >= 15 is 0 Å². The van der Waals surface area contributed by atoms with E-state index in [0.29, 0.717) is 10.0 Å². The molecule has 0 spiro atoms. The molecule has 0 unspecified atom stereocenters. The summed E-state index contributed by atoms with van der Waals surface area (Å²) >= 11 is 7.20. The lowest BCUT2D eigenvalue weighted by Crippen LogP contribution is -1.79. The Labute approximate surface area is 96.8 Å². The summed E-state index contributed by atoms with van der Waals surface area (Å²) in [6.45, 7) is 2.02. The summed E-state index contributed by atoms with van der Waals surface area (Å²) in [7, 11) is 0. The van der Waals surface area contributed by atoms with Crippen LogP contribution in [0.15, 0.2) is 24.3 Å². The van der Waals surface area contributed by atoms with Gasteiger partial charge in [0.1, 0.15) is 15.4 Å². The number of benzene rings is 1. The predicted octanol–water partition coefficient (Wildman–Crippen LogP) is 3.64. The average molecular weight is 235 g/mol. The minimum absolute atomic E-state index is 0.304. The Morgan fingerprint density at radius 1 is 1.47 bits per heavy atom. The van der Waals surface area contributed by atoms with Crippen LogP contribution in [0.4, 0.5) is 0 Å². The highest BCUT2D eigenvalue weighted by molar-refractivity contribution is 7.19. The van der Waals surface area contributed by atoms with Gasteiger partial charge in [-0.1, -0.05) is 35.4 Å². The monoisotopic (exact) mass is 234 g/mol. The molecule has 0 radical (unpaired) electrons. The van der Waals surface area contributed by atoms with E-state index in [2.05, 4.69) is 4.98 Å². The van der Waals surface area contributed by atoms with Crippen molar-refractivity contribution in [3.63, 3.8) is 0 Å². The fraction of sp³-hybridized carbons (Fsp3) is 0.0909. The smallest absolute Gasteiger partial charge is 0.170 e. The van der Waals surface area contributed by atoms with Gasteiger partial charge in [0.2, 0.25) is 0 Å². The first-order valence-corrected chi connectivity index (χ1v) is 5.53. The summed E-state index contributed by atoms with van der Waals surface area (Å²) in [6, 6.07) is 9.94. The zero-order chi connectivity index (χ0) is 10.8. The molecule has 1 heterocycles. The van der Waals surface area contributed by atoms with Gasteiger partial charge in [0.05, 0.1) is 0 Å². The van der Waals surface area contributed by atoms with E-state index in [0.717, 1.165) is 16.1 Å². The molecular weight excluding hydrogens is 228 g/mol. The fourth-order valence-corrected chi connectivity index (χ4v) is 2.32. The molecule has 1 aromatic carbocycles. The Morgan fingerprint density at radius 2 is 2.27 bits per heavy atom. The summed E-state index contributed by atoms with van der Waals surface area (Å²) in [5, 5.41) is 9.53. The molecular formula is C11H7ClN2S. The normalized spacial score (nSPS) is 9.93. The number of aromatic nitrogens is 1. The van der Waals surface area contributed by atoms with Gasteiger partial charge in [0.25, 0.3) is 0 Å². The summed E-state index contributed by atoms with van der Waals surface area (Å²) in [5.41, 5.74) is 2.47. The maximum Gasteiger partial charge on any atom is 0.170 e. The molecule has 0 aliphatic heterocycles. The van der Waals surface area contributed by atoms with Gasteiger partial charge in [-0.3, -0.25) is 0 Å². The van der Waals surface area contributed by atoms with E-state index in [9.17, 15) is 0 Å². The lowest BCUT2D eigenvalue weighted by atomic mass is 10.1. The van der Waals surface area contributed by atoms with Crippen LogP contribution >= 0.6 is 22.9 Å². The zero-order valence-corrected chi connectivity index (χ0v) is 9.56. The van der Waals surface area contributed by atoms with Crippen molar-refractivity contribution in [2.24, 2.45) is 0 Å². The first-order chi connectivity index (χ1) is 7.20. The van der Waals surface area contributed by atoms with Crippen molar-refractivity contribution in [3.8, 4) is 16.6 Å². The third kappa shape index (κ3) is 2.01. The molecule has 0 saturated carbocycles. The molecule has 2 aromatic rings. The second-order valence-electron chi connectivity index (χ2n) is 3.12. The second kappa shape index (κ2) is 4.01. The number of hydrogen-bond acceptors (Lipinski definition) is 3. The second-order valence-corrected chi connectivity index (χ2v) is 4.72. The third-order valence-electron chi connectivity index (χ3n) is 1.96. The molecule has 1 aromatic heterocycles. The van der Waals surface area contributed by atoms with Crippen LogP contribution in [0, 0.1) is 18.3 Å². The number of rotatable bonds is 1. The number of thiazole rings is 1. The Morgan fingerprint density at radius 3 is 2.87 bits per heavy atom. The maximum absolute atomic E-state index is 8.74. The standard InChI is InChI=1S/C11H7ClN2S/c1-7-3-2-4-8(5-7)11-14-9(6-13)10(12)15-11/h2-5H,1H3. The van der Waals surface area contributed by atoms with Crippen LogP contribution < -0.4 is 0 Å². The van der Waals surface area contributed by atoms with Crippen molar-refractivity contribution in [2.45, 2.75) is 6.92 Å². The van der Waals surface area contributed by atoms with Gasteiger partial charge in [0, 0.05) is 5.56 Å². The van der Waals surface area contributed by atoms with Gasteiger partial charge in [-0.05, 0) is 13.0 Å². The highest BCUT2D eigenvalue weighted by atomic mass is 35.5. The molecule has 0 aliphatic rings. The van der Waals surface area contributed by atoms with Crippen LogP contribution in [0.1, 0.15) is 11.3 Å². The summed E-state index contributed by atoms with van der Waals surface area (Å²) in [5.74, 6) is 0. The molecule has 0 saturated heterocycles. The van der Waals surface area contributed by atoms with Crippen molar-refractivity contribution in [2.75, 3.05) is 0 Å². The minimum Gasteiger partial charge on any atom is -0.224 e. The molecule has 0 fully saturated rings. The van der Waals surface area contributed by atoms with E-state index in [1.807, 2.05) is 37.3 Å². The van der Waals surface area contributed by atoms with Crippen molar-refractivity contribution in [1.29, 1.82) is 5.26 Å². The number of nitrogens with zero attached hydrogens (tertiary/aromatic N) is 2. The maximum atomic E-state index is 8.74. The number of halogens is 1. The largest absolute Gasteiger partial charge is 0.224 e. The number of aryl methyl sites for hydroxylation is 1. The van der Waals surface area contributed by atoms with Crippen molar-refractivity contribution >= 4 is 22.9 Å². The molecule has 0 atom stereocenters. The highest BCUT2D eigenvalue weighted by Crippen LogP contribution is 2.31. The van der Waals surface area contributed by atoms with E-state index in [1.54, 1.807) is 0 Å². The zero-order valence-electron chi connectivity index (χ0n) is 7.99. The highest BCUT2D eigenvalue weighted by Gasteiger charge is 2.09. The van der Waals surface area contributed by atoms with E-state index in [-0.39, 0.29) is 0 Å². The topological polar surface area (TPSA) is 36.7 Å². The van der Waals surface area contributed by atoms with Gasteiger partial charge in [-0.2, -0.15) is 5.26 Å². The average Bonchev–Trinajstić information content (AvgIpc) is 2.60. The van der Waals surface area contributed by atoms with Crippen LogP contribution in [0.3, 0.4) is 0 Å². The van der Waals surface area contributed by atoms with Crippen LogP contribution in [-0.4, -0.2) is 4.98 Å². The molecule has 4 heteroatoms. The summed E-state index contributed by atoms with van der Waals surface area (Å²) in [4.78, 5) is 4.17. The Hall–Kier alpha value is -1.37. The van der Waals surface area contributed by atoms with Gasteiger partial charge in [0.15, 0.2) is 5.69 Å². The van der Waals surface area contributed by atoms with Crippen molar-refractivity contribution < 1.29 is 0 Å². The number of nitriles is 1. The lowest BCUT2D eigenvalue weighted by Gasteiger charge is -1.96. The predicted molar refractivity (Wildman–Crippen MR) is 62.0 cm³/mol. The van der Waals surface area contributed by atoms with Crippen molar-refractivity contribution in [3.05, 3.63) is 39.9 Å². The lowest BCUT2D eigenvalue weighted by molar-refractivity contribution is 1.33. The Balaban J connectivity index is 2.51. The van der Waals surface area contributed by atoms with Crippen LogP contribution in [0.5, 0.6) is 0 Å². The van der Waals surface area contributed by atoms with Gasteiger partial charge in [-0.15, -0.1) is 11.3 Å². The fourth-order valence-electron chi connectivity index (χ4n) is 1.27. The summed E-state index contributed by atoms with van der Waals surface area (Å²) in [6.07, 6.45) is 0. The molecule has 74 valence electrons. The Kier molecular flexibility index (Phi) is 2.72. The number of hydrogen-bond donors (Lipinski definition) is 0. The molecule has 2 rings (SSSR count). The summed E-state index contributed by atoms with van der Waals surface area (Å²) < 4.78 is 0.453. The molecule has 2 nitrogen and oxygen atoms in total. The van der Waals surface area contributed by atoms with E-state index in [1.165, 1.54) is 11.3 Å². The quantitative estimate of drug-likeness (QED) is 0.755. The minimum atomic E-state index is 0.304. The van der Waals surface area contributed by atoms with Crippen molar-refractivity contribution in [1.82, 2.24) is 4.98 Å². The van der Waals surface area contributed by atoms with E-state index < -0.39 is 0 Å². The molecule has 0 N–H and O–H groups in total. The molecule has 0 amide bonds. The first-order valence-electron chi connectivity index (χ1n) is 4.34. The van der Waals surface area contributed by atoms with Crippen LogP contribution in [0.2, 0.25) is 4.34 Å². The van der Waals surface area contributed by atoms with Crippen LogP contribution in [0.25, 0.3) is 10.6 Å².